The summed E-state index contributed by atoms with van der Waals surface area (Å²) in [7, 11) is 0. The lowest BCUT2D eigenvalue weighted by Crippen LogP contribution is -2.37. The third kappa shape index (κ3) is 4.79. The zero-order chi connectivity index (χ0) is 16.7. The van der Waals surface area contributed by atoms with Gasteiger partial charge in [0.2, 0.25) is 0 Å². The Labute approximate surface area is 137 Å². The van der Waals surface area contributed by atoms with Crippen LogP contribution in [0.25, 0.3) is 0 Å². The molecule has 2 heterocycles. The van der Waals surface area contributed by atoms with Crippen molar-refractivity contribution in [1.29, 1.82) is 0 Å². The van der Waals surface area contributed by atoms with Crippen LogP contribution < -0.4 is 5.32 Å². The highest BCUT2D eigenvalue weighted by Gasteiger charge is 2.22. The zero-order valence-corrected chi connectivity index (χ0v) is 14.0. The molecule has 0 aliphatic carbocycles. The van der Waals surface area contributed by atoms with Crippen molar-refractivity contribution in [3.63, 3.8) is 0 Å². The van der Waals surface area contributed by atoms with Crippen LogP contribution in [0.4, 0.5) is 0 Å². The number of ether oxygens (including phenoxy) is 1. The number of hydrogen-bond donors (Lipinski definition) is 1. The first-order chi connectivity index (χ1) is 11.2. The minimum atomic E-state index is -0.384. The molecule has 23 heavy (non-hydrogen) atoms. The molecule has 7 nitrogen and oxygen atoms in total. The van der Waals surface area contributed by atoms with Crippen LogP contribution in [0.1, 0.15) is 49.6 Å². The Morgan fingerprint density at radius 3 is 2.96 bits per heavy atom. The number of nitrogens with zero attached hydrogens (tertiary/aromatic N) is 3. The van der Waals surface area contributed by atoms with Crippen molar-refractivity contribution in [1.82, 2.24) is 20.0 Å². The Morgan fingerprint density at radius 2 is 2.30 bits per heavy atom. The summed E-state index contributed by atoms with van der Waals surface area (Å²) in [6.45, 7) is 6.43. The maximum Gasteiger partial charge on any atom is 0.325 e. The Bertz CT molecular complexity index is 523. The second-order valence-corrected chi connectivity index (χ2v) is 5.71. The molecule has 1 fully saturated rings. The molecule has 1 aromatic heterocycles. The first kappa shape index (κ1) is 17.5. The molecule has 1 saturated heterocycles. The third-order valence-corrected chi connectivity index (χ3v) is 3.88. The molecule has 1 aliphatic heterocycles. The number of amides is 1. The third-order valence-electron chi connectivity index (χ3n) is 3.88. The van der Waals surface area contributed by atoms with E-state index in [-0.39, 0.29) is 24.5 Å². The molecular formula is C16H26N4O3. The minimum Gasteiger partial charge on any atom is -0.465 e. The number of rotatable bonds is 7. The molecule has 1 atom stereocenters. The maximum atomic E-state index is 12.6. The molecule has 2 rings (SSSR count). The van der Waals surface area contributed by atoms with E-state index in [1.807, 2.05) is 17.8 Å². The number of aromatic nitrogens is 2. The second kappa shape index (κ2) is 8.67. The van der Waals surface area contributed by atoms with Crippen LogP contribution in [0.3, 0.4) is 0 Å². The van der Waals surface area contributed by atoms with Gasteiger partial charge < -0.3 is 15.0 Å². The number of nitrogens with one attached hydrogen (secondary N) is 1. The Morgan fingerprint density at radius 1 is 1.48 bits per heavy atom. The fraction of sp³-hybridized carbons (Fsp3) is 0.688. The standard InChI is InChI=1S/C16H26N4O3/c1-3-9-19(12-15(21)23-4-2)16(22)14-7-10-20(18-14)13-6-5-8-17-11-13/h7,10,13,17H,3-6,8-9,11-12H2,1-2H3. The van der Waals surface area contributed by atoms with Crippen molar-refractivity contribution in [3.05, 3.63) is 18.0 Å². The van der Waals surface area contributed by atoms with Crippen LogP contribution in [0.2, 0.25) is 0 Å². The van der Waals surface area contributed by atoms with Crippen molar-refractivity contribution < 1.29 is 14.3 Å². The molecule has 1 amide bonds. The van der Waals surface area contributed by atoms with Gasteiger partial charge in [0.15, 0.2) is 0 Å². The van der Waals surface area contributed by atoms with Crippen molar-refractivity contribution in [2.75, 3.05) is 32.8 Å². The number of hydrogen-bond acceptors (Lipinski definition) is 5. The van der Waals surface area contributed by atoms with E-state index in [2.05, 4.69) is 10.4 Å². The summed E-state index contributed by atoms with van der Waals surface area (Å²) in [5.41, 5.74) is 0.383. The average molecular weight is 322 g/mol. The van der Waals surface area contributed by atoms with E-state index in [4.69, 9.17) is 4.74 Å². The van der Waals surface area contributed by atoms with Crippen LogP contribution in [-0.2, 0) is 9.53 Å². The number of carbonyl (C=O) groups excluding carboxylic acids is 2. The molecule has 1 aliphatic rings. The molecule has 7 heteroatoms. The normalized spacial score (nSPS) is 17.7. The van der Waals surface area contributed by atoms with E-state index in [9.17, 15) is 9.59 Å². The lowest BCUT2D eigenvalue weighted by molar-refractivity contribution is -0.143. The van der Waals surface area contributed by atoms with E-state index >= 15 is 0 Å². The summed E-state index contributed by atoms with van der Waals surface area (Å²) in [6.07, 6.45) is 4.79. The SMILES string of the molecule is CCCN(CC(=O)OCC)C(=O)c1ccn(C2CCCNC2)n1. The predicted octanol–water partition coefficient (Wildman–Crippen LogP) is 1.22. The maximum absolute atomic E-state index is 12.6. The first-order valence-electron chi connectivity index (χ1n) is 8.36. The van der Waals surface area contributed by atoms with Gasteiger partial charge >= 0.3 is 5.97 Å². The lowest BCUT2D eigenvalue weighted by Gasteiger charge is -2.23. The van der Waals surface area contributed by atoms with Crippen LogP contribution in [-0.4, -0.2) is 59.3 Å². The average Bonchev–Trinajstić information content (AvgIpc) is 3.05. The van der Waals surface area contributed by atoms with Crippen molar-refractivity contribution in [2.45, 2.75) is 39.2 Å². The molecule has 0 bridgehead atoms. The van der Waals surface area contributed by atoms with Gasteiger partial charge in [-0.2, -0.15) is 5.10 Å². The van der Waals surface area contributed by atoms with Gasteiger partial charge in [-0.25, -0.2) is 0 Å². The predicted molar refractivity (Wildman–Crippen MR) is 86.2 cm³/mol. The molecule has 1 N–H and O–H groups in total. The Balaban J connectivity index is 2.03. The van der Waals surface area contributed by atoms with Gasteiger partial charge in [0.25, 0.3) is 5.91 Å². The zero-order valence-electron chi connectivity index (χ0n) is 14.0. The van der Waals surface area contributed by atoms with Gasteiger partial charge in [-0.3, -0.25) is 14.3 Å². The van der Waals surface area contributed by atoms with Crippen LogP contribution >= 0.6 is 0 Å². The van der Waals surface area contributed by atoms with Gasteiger partial charge in [-0.15, -0.1) is 0 Å². The topological polar surface area (TPSA) is 76.5 Å². The summed E-state index contributed by atoms with van der Waals surface area (Å²) in [4.78, 5) is 25.8. The summed E-state index contributed by atoms with van der Waals surface area (Å²) in [6, 6.07) is 2.01. The molecular weight excluding hydrogens is 296 g/mol. The second-order valence-electron chi connectivity index (χ2n) is 5.71. The van der Waals surface area contributed by atoms with Crippen molar-refractivity contribution in [3.8, 4) is 0 Å². The van der Waals surface area contributed by atoms with Gasteiger partial charge in [-0.05, 0) is 38.8 Å². The van der Waals surface area contributed by atoms with E-state index in [1.165, 1.54) is 4.90 Å². The monoisotopic (exact) mass is 322 g/mol. The molecule has 1 unspecified atom stereocenters. The lowest BCUT2D eigenvalue weighted by atomic mass is 10.1. The number of piperidine rings is 1. The highest BCUT2D eigenvalue weighted by atomic mass is 16.5. The first-order valence-corrected chi connectivity index (χ1v) is 8.36. The Kier molecular flexibility index (Phi) is 6.58. The summed E-state index contributed by atoms with van der Waals surface area (Å²) in [5.74, 6) is -0.604. The van der Waals surface area contributed by atoms with Gasteiger partial charge in [0.05, 0.1) is 12.6 Å². The van der Waals surface area contributed by atoms with Gasteiger partial charge in [0.1, 0.15) is 12.2 Å². The summed E-state index contributed by atoms with van der Waals surface area (Å²) in [5, 5.41) is 7.76. The fourth-order valence-corrected chi connectivity index (χ4v) is 2.76. The van der Waals surface area contributed by atoms with Crippen LogP contribution in [0.15, 0.2) is 12.3 Å². The van der Waals surface area contributed by atoms with E-state index in [0.717, 1.165) is 32.4 Å². The molecule has 0 saturated carbocycles. The molecule has 1 aromatic rings. The highest BCUT2D eigenvalue weighted by molar-refractivity contribution is 5.94. The Hall–Kier alpha value is -1.89. The number of carbonyl (C=O) groups is 2. The fourth-order valence-electron chi connectivity index (χ4n) is 2.76. The largest absolute Gasteiger partial charge is 0.465 e. The van der Waals surface area contributed by atoms with Crippen molar-refractivity contribution >= 4 is 11.9 Å². The quantitative estimate of drug-likeness (QED) is 0.764. The van der Waals surface area contributed by atoms with E-state index < -0.39 is 0 Å². The van der Waals surface area contributed by atoms with E-state index in [1.54, 1.807) is 13.0 Å². The van der Waals surface area contributed by atoms with Crippen molar-refractivity contribution in [2.24, 2.45) is 0 Å². The molecule has 0 radical (unpaired) electrons. The molecule has 128 valence electrons. The molecule has 0 aromatic carbocycles. The summed E-state index contributed by atoms with van der Waals surface area (Å²) < 4.78 is 6.79. The van der Waals surface area contributed by atoms with Crippen LogP contribution in [0, 0.1) is 0 Å². The number of esters is 1. The van der Waals surface area contributed by atoms with Gasteiger partial charge in [-0.1, -0.05) is 6.92 Å². The van der Waals surface area contributed by atoms with E-state index in [0.29, 0.717) is 18.8 Å². The summed E-state index contributed by atoms with van der Waals surface area (Å²) >= 11 is 0. The van der Waals surface area contributed by atoms with Gasteiger partial charge in [0, 0.05) is 19.3 Å². The smallest absolute Gasteiger partial charge is 0.325 e. The molecule has 0 spiro atoms. The minimum absolute atomic E-state index is 0.0294. The highest BCUT2D eigenvalue weighted by Crippen LogP contribution is 2.16. The van der Waals surface area contributed by atoms with Crippen LogP contribution in [0.5, 0.6) is 0 Å².